The van der Waals surface area contributed by atoms with Gasteiger partial charge in [-0.1, -0.05) is 34.1 Å². The van der Waals surface area contributed by atoms with Gasteiger partial charge in [-0.05, 0) is 26.3 Å². The van der Waals surface area contributed by atoms with E-state index >= 15 is 0 Å². The molecule has 0 aliphatic carbocycles. The molecule has 16 heavy (non-hydrogen) atoms. The van der Waals surface area contributed by atoms with Gasteiger partial charge in [-0.15, -0.1) is 0 Å². The summed E-state index contributed by atoms with van der Waals surface area (Å²) >= 11 is 3.38. The number of hydrogen-bond acceptors (Lipinski definition) is 2. The fraction of sp³-hybridized carbons (Fsp3) is 0.462. The minimum atomic E-state index is -0.239. The number of methoxy groups -OCH3 is 1. The molecule has 2 nitrogen and oxygen atoms in total. The lowest BCUT2D eigenvalue weighted by molar-refractivity contribution is 0.0141. The van der Waals surface area contributed by atoms with Crippen LogP contribution in [0.4, 0.5) is 0 Å². The molecule has 0 radical (unpaired) electrons. The number of ketones is 1. The van der Waals surface area contributed by atoms with Crippen molar-refractivity contribution in [1.82, 2.24) is 0 Å². The van der Waals surface area contributed by atoms with Gasteiger partial charge in [0.1, 0.15) is 0 Å². The van der Waals surface area contributed by atoms with Gasteiger partial charge >= 0.3 is 0 Å². The van der Waals surface area contributed by atoms with Gasteiger partial charge < -0.3 is 4.74 Å². The van der Waals surface area contributed by atoms with E-state index in [1.165, 1.54) is 0 Å². The zero-order chi connectivity index (χ0) is 12.2. The molecule has 0 heterocycles. The highest BCUT2D eigenvalue weighted by Crippen LogP contribution is 2.21. The van der Waals surface area contributed by atoms with Crippen LogP contribution >= 0.6 is 15.9 Å². The number of ether oxygens (including phenoxy) is 1. The van der Waals surface area contributed by atoms with Crippen molar-refractivity contribution in [3.05, 3.63) is 34.3 Å². The molecule has 1 rings (SSSR count). The van der Waals surface area contributed by atoms with E-state index in [4.69, 9.17) is 4.74 Å². The van der Waals surface area contributed by atoms with E-state index in [-0.39, 0.29) is 11.4 Å². The van der Waals surface area contributed by atoms with Gasteiger partial charge in [-0.2, -0.15) is 0 Å². The van der Waals surface area contributed by atoms with E-state index in [1.54, 1.807) is 7.11 Å². The van der Waals surface area contributed by atoms with Crippen LogP contribution in [0.1, 0.15) is 37.0 Å². The molecule has 0 saturated carbocycles. The number of rotatable bonds is 5. The lowest BCUT2D eigenvalue weighted by atomic mass is 9.98. The summed E-state index contributed by atoms with van der Waals surface area (Å²) in [6.45, 7) is 3.97. The highest BCUT2D eigenvalue weighted by atomic mass is 79.9. The van der Waals surface area contributed by atoms with E-state index in [9.17, 15) is 4.79 Å². The fourth-order valence-corrected chi connectivity index (χ4v) is 1.84. The lowest BCUT2D eigenvalue weighted by Crippen LogP contribution is -2.23. The molecule has 0 fully saturated rings. The van der Waals surface area contributed by atoms with Gasteiger partial charge in [-0.25, -0.2) is 0 Å². The molecule has 3 heteroatoms. The van der Waals surface area contributed by atoms with Crippen molar-refractivity contribution in [2.75, 3.05) is 7.11 Å². The van der Waals surface area contributed by atoms with Crippen LogP contribution in [-0.2, 0) is 4.74 Å². The van der Waals surface area contributed by atoms with Crippen molar-refractivity contribution < 1.29 is 9.53 Å². The second-order valence-corrected chi connectivity index (χ2v) is 5.22. The Morgan fingerprint density at radius 2 is 2.00 bits per heavy atom. The van der Waals surface area contributed by atoms with Gasteiger partial charge in [0.25, 0.3) is 0 Å². The Bertz CT molecular complexity index is 372. The molecule has 0 saturated heterocycles. The molecular formula is C13H17BrO2. The molecule has 0 aromatic heterocycles. The summed E-state index contributed by atoms with van der Waals surface area (Å²) in [5.74, 6) is 0.151. The van der Waals surface area contributed by atoms with Crippen LogP contribution in [0, 0.1) is 0 Å². The van der Waals surface area contributed by atoms with Gasteiger partial charge in [0.15, 0.2) is 5.78 Å². The van der Waals surface area contributed by atoms with Crippen LogP contribution in [0.3, 0.4) is 0 Å². The predicted octanol–water partition coefficient (Wildman–Crippen LogP) is 3.84. The Hall–Kier alpha value is -0.670. The number of benzene rings is 1. The maximum atomic E-state index is 11.9. The van der Waals surface area contributed by atoms with Crippen LogP contribution in [-0.4, -0.2) is 18.5 Å². The van der Waals surface area contributed by atoms with E-state index in [1.807, 2.05) is 38.1 Å². The van der Waals surface area contributed by atoms with Gasteiger partial charge in [0.2, 0.25) is 0 Å². The van der Waals surface area contributed by atoms with E-state index < -0.39 is 0 Å². The van der Waals surface area contributed by atoms with Gasteiger partial charge in [0.05, 0.1) is 5.60 Å². The molecule has 0 bridgehead atoms. The summed E-state index contributed by atoms with van der Waals surface area (Å²) in [7, 11) is 1.67. The van der Waals surface area contributed by atoms with Gasteiger partial charge in [0, 0.05) is 23.6 Å². The minimum Gasteiger partial charge on any atom is -0.379 e. The molecule has 88 valence electrons. The first-order chi connectivity index (χ1) is 7.46. The second kappa shape index (κ2) is 5.60. The third-order valence-electron chi connectivity index (χ3n) is 2.68. The molecule has 0 spiro atoms. The normalized spacial score (nSPS) is 11.5. The third kappa shape index (κ3) is 3.72. The Labute approximate surface area is 105 Å². The van der Waals surface area contributed by atoms with Crippen molar-refractivity contribution in [2.24, 2.45) is 0 Å². The van der Waals surface area contributed by atoms with Crippen molar-refractivity contribution in [1.29, 1.82) is 0 Å². The Morgan fingerprint density at radius 3 is 2.56 bits per heavy atom. The molecule has 1 aromatic rings. The largest absolute Gasteiger partial charge is 0.379 e. The fourth-order valence-electron chi connectivity index (χ4n) is 1.34. The first kappa shape index (κ1) is 13.4. The number of carbonyl (C=O) groups excluding carboxylic acids is 1. The zero-order valence-electron chi connectivity index (χ0n) is 9.92. The second-order valence-electron chi connectivity index (χ2n) is 4.37. The highest BCUT2D eigenvalue weighted by molar-refractivity contribution is 9.10. The lowest BCUT2D eigenvalue weighted by Gasteiger charge is -2.22. The molecular weight excluding hydrogens is 268 g/mol. The Kier molecular flexibility index (Phi) is 4.69. The third-order valence-corrected chi connectivity index (χ3v) is 3.37. The topological polar surface area (TPSA) is 26.3 Å². The molecule has 0 amide bonds. The zero-order valence-corrected chi connectivity index (χ0v) is 11.5. The first-order valence-electron chi connectivity index (χ1n) is 5.29. The van der Waals surface area contributed by atoms with E-state index in [2.05, 4.69) is 15.9 Å². The van der Waals surface area contributed by atoms with E-state index in [0.717, 1.165) is 16.5 Å². The van der Waals surface area contributed by atoms with Crippen LogP contribution in [0.5, 0.6) is 0 Å². The highest BCUT2D eigenvalue weighted by Gasteiger charge is 2.19. The average molecular weight is 285 g/mol. The maximum Gasteiger partial charge on any atom is 0.164 e. The maximum absolute atomic E-state index is 11.9. The average Bonchev–Trinajstić information content (AvgIpc) is 2.27. The van der Waals surface area contributed by atoms with Crippen LogP contribution < -0.4 is 0 Å². The van der Waals surface area contributed by atoms with Crippen LogP contribution in [0.25, 0.3) is 0 Å². The summed E-state index contributed by atoms with van der Waals surface area (Å²) in [6, 6.07) is 7.50. The summed E-state index contributed by atoms with van der Waals surface area (Å²) in [5, 5.41) is 0. The van der Waals surface area contributed by atoms with Crippen molar-refractivity contribution in [3.63, 3.8) is 0 Å². The summed E-state index contributed by atoms with van der Waals surface area (Å²) in [6.07, 6.45) is 1.23. The monoisotopic (exact) mass is 284 g/mol. The summed E-state index contributed by atoms with van der Waals surface area (Å²) in [5.41, 5.74) is 0.506. The van der Waals surface area contributed by atoms with E-state index in [0.29, 0.717) is 6.42 Å². The SMILES string of the molecule is COC(C)(C)CCC(=O)c1ccccc1Br. The number of carbonyl (C=O) groups is 1. The molecule has 0 aliphatic rings. The smallest absolute Gasteiger partial charge is 0.164 e. The molecule has 0 aliphatic heterocycles. The Morgan fingerprint density at radius 1 is 1.38 bits per heavy atom. The number of hydrogen-bond donors (Lipinski definition) is 0. The van der Waals surface area contributed by atoms with Crippen molar-refractivity contribution in [3.8, 4) is 0 Å². The minimum absolute atomic E-state index is 0.151. The predicted molar refractivity (Wildman–Crippen MR) is 68.8 cm³/mol. The van der Waals surface area contributed by atoms with Gasteiger partial charge in [-0.3, -0.25) is 4.79 Å². The molecule has 0 N–H and O–H groups in total. The number of Topliss-reactive ketones (excluding diaryl/α,β-unsaturated/α-hetero) is 1. The molecule has 0 atom stereocenters. The van der Waals surface area contributed by atoms with Crippen molar-refractivity contribution >= 4 is 21.7 Å². The first-order valence-corrected chi connectivity index (χ1v) is 6.08. The standard InChI is InChI=1S/C13H17BrO2/c1-13(2,16-3)9-8-12(15)10-6-4-5-7-11(10)14/h4-7H,8-9H2,1-3H3. The van der Waals surface area contributed by atoms with Crippen LogP contribution in [0.2, 0.25) is 0 Å². The Balaban J connectivity index is 2.64. The van der Waals surface area contributed by atoms with Crippen LogP contribution in [0.15, 0.2) is 28.7 Å². The number of halogens is 1. The quantitative estimate of drug-likeness (QED) is 0.768. The van der Waals surface area contributed by atoms with Crippen molar-refractivity contribution in [2.45, 2.75) is 32.3 Å². The molecule has 1 aromatic carbocycles. The summed E-state index contributed by atoms with van der Waals surface area (Å²) in [4.78, 5) is 11.9. The molecule has 0 unspecified atom stereocenters. The summed E-state index contributed by atoms with van der Waals surface area (Å²) < 4.78 is 6.15.